The molecule has 0 amide bonds. The van der Waals surface area contributed by atoms with Crippen molar-refractivity contribution in [1.82, 2.24) is 5.32 Å². The van der Waals surface area contributed by atoms with Gasteiger partial charge in [0.15, 0.2) is 0 Å². The predicted molar refractivity (Wildman–Crippen MR) is 78.7 cm³/mol. The smallest absolute Gasteiger partial charge is 0.126 e. The molecule has 1 aromatic carbocycles. The Kier molecular flexibility index (Phi) is 4.98. The van der Waals surface area contributed by atoms with Gasteiger partial charge in [0.1, 0.15) is 5.82 Å². The summed E-state index contributed by atoms with van der Waals surface area (Å²) in [5, 5.41) is 3.61. The first-order chi connectivity index (χ1) is 9.11. The van der Waals surface area contributed by atoms with Gasteiger partial charge in [0, 0.05) is 6.04 Å². The summed E-state index contributed by atoms with van der Waals surface area (Å²) in [5.74, 6) is 1.41. The van der Waals surface area contributed by atoms with Crippen LogP contribution in [0.25, 0.3) is 0 Å². The highest BCUT2D eigenvalue weighted by atomic mass is 19.1. The average molecular weight is 263 g/mol. The average Bonchev–Trinajstić information content (AvgIpc) is 2.39. The van der Waals surface area contributed by atoms with Crippen molar-refractivity contribution in [3.63, 3.8) is 0 Å². The molecule has 3 atom stereocenters. The normalized spacial score (nSPS) is 25.3. The van der Waals surface area contributed by atoms with E-state index in [1.54, 1.807) is 6.07 Å². The first-order valence-corrected chi connectivity index (χ1v) is 7.61. The monoisotopic (exact) mass is 263 g/mol. The highest BCUT2D eigenvalue weighted by Gasteiger charge is 2.27. The third-order valence-electron chi connectivity index (χ3n) is 4.41. The van der Waals surface area contributed by atoms with Crippen LogP contribution >= 0.6 is 0 Å². The molecular weight excluding hydrogens is 237 g/mol. The van der Waals surface area contributed by atoms with E-state index in [2.05, 4.69) is 19.2 Å². The molecule has 3 unspecified atom stereocenters. The highest BCUT2D eigenvalue weighted by Crippen LogP contribution is 2.37. The molecule has 0 radical (unpaired) electrons. The fourth-order valence-corrected chi connectivity index (χ4v) is 3.42. The molecule has 1 fully saturated rings. The molecule has 0 saturated heterocycles. The van der Waals surface area contributed by atoms with Gasteiger partial charge in [-0.05, 0) is 55.3 Å². The number of rotatable bonds is 4. The van der Waals surface area contributed by atoms with Gasteiger partial charge in [-0.15, -0.1) is 0 Å². The van der Waals surface area contributed by atoms with Gasteiger partial charge in [0.2, 0.25) is 0 Å². The Labute approximate surface area is 116 Å². The maximum atomic E-state index is 13.4. The van der Waals surface area contributed by atoms with Gasteiger partial charge in [0.25, 0.3) is 0 Å². The minimum atomic E-state index is -0.101. The number of hydrogen-bond acceptors (Lipinski definition) is 1. The molecule has 0 aromatic heterocycles. The number of nitrogens with one attached hydrogen (secondary N) is 1. The Morgan fingerprint density at radius 3 is 2.79 bits per heavy atom. The molecule has 0 heterocycles. The van der Waals surface area contributed by atoms with Gasteiger partial charge < -0.3 is 5.32 Å². The summed E-state index contributed by atoms with van der Waals surface area (Å²) in [6, 6.07) is 5.96. The Bertz CT molecular complexity index is 416. The van der Waals surface area contributed by atoms with Crippen LogP contribution in [0.2, 0.25) is 0 Å². The van der Waals surface area contributed by atoms with Crippen molar-refractivity contribution in [2.24, 2.45) is 11.8 Å². The van der Waals surface area contributed by atoms with Crippen molar-refractivity contribution in [3.8, 4) is 0 Å². The lowest BCUT2D eigenvalue weighted by Gasteiger charge is -2.34. The van der Waals surface area contributed by atoms with Crippen LogP contribution in [0.15, 0.2) is 18.2 Å². The molecule has 1 aliphatic rings. The van der Waals surface area contributed by atoms with Crippen LogP contribution in [0.1, 0.15) is 56.7 Å². The largest absolute Gasteiger partial charge is 0.310 e. The maximum absolute atomic E-state index is 13.4. The van der Waals surface area contributed by atoms with Crippen LogP contribution in [0.4, 0.5) is 4.39 Å². The lowest BCUT2D eigenvalue weighted by molar-refractivity contribution is 0.225. The van der Waals surface area contributed by atoms with E-state index in [4.69, 9.17) is 0 Å². The lowest BCUT2D eigenvalue weighted by Crippen LogP contribution is -2.31. The fraction of sp³-hybridized carbons (Fsp3) is 0.647. The van der Waals surface area contributed by atoms with E-state index in [1.807, 2.05) is 19.1 Å². The summed E-state index contributed by atoms with van der Waals surface area (Å²) < 4.78 is 13.4. The maximum Gasteiger partial charge on any atom is 0.126 e. The second-order valence-corrected chi connectivity index (χ2v) is 6.08. The molecule has 1 aliphatic carbocycles. The second-order valence-electron chi connectivity index (χ2n) is 6.08. The highest BCUT2D eigenvalue weighted by molar-refractivity contribution is 5.27. The summed E-state index contributed by atoms with van der Waals surface area (Å²) in [7, 11) is 0. The predicted octanol–water partition coefficient (Wildman–Crippen LogP) is 4.61. The molecule has 1 saturated carbocycles. The zero-order chi connectivity index (χ0) is 13.8. The number of hydrogen-bond donors (Lipinski definition) is 1. The Morgan fingerprint density at radius 2 is 2.16 bits per heavy atom. The standard InChI is InChI=1S/C17H26FN/c1-4-19-17(14-7-5-6-12(2)10-14)15-8-9-16(18)13(3)11-15/h8-9,11-12,14,17,19H,4-7,10H2,1-3H3. The molecule has 2 rings (SSSR count). The molecule has 2 heteroatoms. The molecule has 106 valence electrons. The number of aryl methyl sites for hydroxylation is 1. The Hall–Kier alpha value is -0.890. The molecule has 1 aromatic rings. The van der Waals surface area contributed by atoms with Crippen molar-refractivity contribution in [2.45, 2.75) is 52.5 Å². The van der Waals surface area contributed by atoms with Crippen LogP contribution in [0.3, 0.4) is 0 Å². The second kappa shape index (κ2) is 6.51. The van der Waals surface area contributed by atoms with Crippen molar-refractivity contribution in [2.75, 3.05) is 6.54 Å². The van der Waals surface area contributed by atoms with Crippen LogP contribution in [-0.4, -0.2) is 6.54 Å². The van der Waals surface area contributed by atoms with E-state index in [0.29, 0.717) is 12.0 Å². The van der Waals surface area contributed by atoms with Crippen LogP contribution < -0.4 is 5.32 Å². The van der Waals surface area contributed by atoms with Crippen LogP contribution in [0, 0.1) is 24.6 Å². The first kappa shape index (κ1) is 14.5. The summed E-state index contributed by atoms with van der Waals surface area (Å²) in [6.45, 7) is 7.32. The van der Waals surface area contributed by atoms with Gasteiger partial charge >= 0.3 is 0 Å². The molecule has 1 N–H and O–H groups in total. The van der Waals surface area contributed by atoms with Crippen LogP contribution in [-0.2, 0) is 0 Å². The summed E-state index contributed by atoms with van der Waals surface area (Å²) >= 11 is 0. The topological polar surface area (TPSA) is 12.0 Å². The minimum absolute atomic E-state index is 0.101. The summed E-state index contributed by atoms with van der Waals surface area (Å²) in [4.78, 5) is 0. The summed E-state index contributed by atoms with van der Waals surface area (Å²) in [5.41, 5.74) is 2.00. The SMILES string of the molecule is CCNC(c1ccc(F)c(C)c1)C1CCCC(C)C1. The molecule has 0 aliphatic heterocycles. The zero-order valence-electron chi connectivity index (χ0n) is 12.4. The van der Waals surface area contributed by atoms with Gasteiger partial charge in [-0.25, -0.2) is 4.39 Å². The van der Waals surface area contributed by atoms with Gasteiger partial charge in [-0.3, -0.25) is 0 Å². The van der Waals surface area contributed by atoms with E-state index in [9.17, 15) is 4.39 Å². The molecule has 0 bridgehead atoms. The van der Waals surface area contributed by atoms with Crippen molar-refractivity contribution in [3.05, 3.63) is 35.1 Å². The fourth-order valence-electron chi connectivity index (χ4n) is 3.42. The molecule has 19 heavy (non-hydrogen) atoms. The summed E-state index contributed by atoms with van der Waals surface area (Å²) in [6.07, 6.45) is 5.26. The Balaban J connectivity index is 2.20. The van der Waals surface area contributed by atoms with E-state index in [-0.39, 0.29) is 5.82 Å². The van der Waals surface area contributed by atoms with E-state index in [1.165, 1.54) is 31.2 Å². The van der Waals surface area contributed by atoms with Crippen molar-refractivity contribution in [1.29, 1.82) is 0 Å². The van der Waals surface area contributed by atoms with Gasteiger partial charge in [-0.1, -0.05) is 38.8 Å². The van der Waals surface area contributed by atoms with E-state index in [0.717, 1.165) is 18.0 Å². The van der Waals surface area contributed by atoms with Crippen LogP contribution in [0.5, 0.6) is 0 Å². The Morgan fingerprint density at radius 1 is 1.37 bits per heavy atom. The third kappa shape index (κ3) is 3.56. The zero-order valence-corrected chi connectivity index (χ0v) is 12.4. The van der Waals surface area contributed by atoms with Crippen molar-refractivity contribution < 1.29 is 4.39 Å². The number of benzene rings is 1. The first-order valence-electron chi connectivity index (χ1n) is 7.61. The molecule has 1 nitrogen and oxygen atoms in total. The van der Waals surface area contributed by atoms with E-state index >= 15 is 0 Å². The van der Waals surface area contributed by atoms with Gasteiger partial charge in [0.05, 0.1) is 0 Å². The molecule has 0 spiro atoms. The molecular formula is C17H26FN. The van der Waals surface area contributed by atoms with Crippen molar-refractivity contribution >= 4 is 0 Å². The quantitative estimate of drug-likeness (QED) is 0.836. The van der Waals surface area contributed by atoms with Gasteiger partial charge in [-0.2, -0.15) is 0 Å². The number of halogens is 1. The third-order valence-corrected chi connectivity index (χ3v) is 4.41. The minimum Gasteiger partial charge on any atom is -0.310 e. The van der Waals surface area contributed by atoms with E-state index < -0.39 is 0 Å². The lowest BCUT2D eigenvalue weighted by atomic mass is 9.76.